The van der Waals surface area contributed by atoms with E-state index < -0.39 is 0 Å². The topological polar surface area (TPSA) is 27.7 Å². The first kappa shape index (κ1) is 13.4. The van der Waals surface area contributed by atoms with E-state index in [1.807, 2.05) is 13.0 Å². The van der Waals surface area contributed by atoms with Gasteiger partial charge in [-0.25, -0.2) is 0 Å². The molecule has 0 N–H and O–H groups in total. The molecule has 3 nitrogen and oxygen atoms in total. The minimum absolute atomic E-state index is 0.109. The normalized spacial score (nSPS) is 17.1. The van der Waals surface area contributed by atoms with Gasteiger partial charge in [-0.05, 0) is 30.0 Å². The lowest BCUT2D eigenvalue weighted by Crippen LogP contribution is -2.13. The van der Waals surface area contributed by atoms with Crippen LogP contribution in [0.2, 0.25) is 0 Å². The van der Waals surface area contributed by atoms with Crippen molar-refractivity contribution in [3.8, 4) is 5.75 Å². The zero-order valence-electron chi connectivity index (χ0n) is 11.7. The van der Waals surface area contributed by atoms with E-state index in [-0.39, 0.29) is 11.7 Å². The molecule has 1 fully saturated rings. The monoisotopic (exact) mass is 250 g/mol. The SMILES string of the molecule is CCOc1ccc(C(C)(C)C)cc1C1OCCO1. The summed E-state index contributed by atoms with van der Waals surface area (Å²) in [5.74, 6) is 0.859. The third kappa shape index (κ3) is 2.85. The van der Waals surface area contributed by atoms with Crippen LogP contribution in [0.5, 0.6) is 5.75 Å². The minimum atomic E-state index is -0.283. The van der Waals surface area contributed by atoms with Gasteiger partial charge in [0.2, 0.25) is 0 Å². The van der Waals surface area contributed by atoms with Gasteiger partial charge in [-0.3, -0.25) is 0 Å². The Kier molecular flexibility index (Phi) is 3.93. The lowest BCUT2D eigenvalue weighted by atomic mass is 9.86. The Morgan fingerprint density at radius 1 is 1.22 bits per heavy atom. The van der Waals surface area contributed by atoms with Crippen molar-refractivity contribution < 1.29 is 14.2 Å². The summed E-state index contributed by atoms with van der Waals surface area (Å²) >= 11 is 0. The second-order valence-corrected chi connectivity index (χ2v) is 5.51. The molecule has 0 aliphatic carbocycles. The van der Waals surface area contributed by atoms with Gasteiger partial charge in [-0.15, -0.1) is 0 Å². The summed E-state index contributed by atoms with van der Waals surface area (Å²) in [4.78, 5) is 0. The Bertz CT molecular complexity index is 401. The van der Waals surface area contributed by atoms with Gasteiger partial charge in [0.05, 0.1) is 25.4 Å². The molecule has 0 bridgehead atoms. The van der Waals surface area contributed by atoms with Crippen LogP contribution in [0.4, 0.5) is 0 Å². The van der Waals surface area contributed by atoms with Crippen molar-refractivity contribution in [3.05, 3.63) is 29.3 Å². The second kappa shape index (κ2) is 5.29. The molecule has 0 amide bonds. The molecule has 0 saturated carbocycles. The summed E-state index contributed by atoms with van der Waals surface area (Å²) in [7, 11) is 0. The van der Waals surface area contributed by atoms with Gasteiger partial charge >= 0.3 is 0 Å². The van der Waals surface area contributed by atoms with Crippen molar-refractivity contribution in [2.24, 2.45) is 0 Å². The second-order valence-electron chi connectivity index (χ2n) is 5.51. The van der Waals surface area contributed by atoms with Gasteiger partial charge in [0.15, 0.2) is 6.29 Å². The Labute approximate surface area is 109 Å². The predicted molar refractivity (Wildman–Crippen MR) is 71.0 cm³/mol. The zero-order valence-corrected chi connectivity index (χ0v) is 11.7. The fourth-order valence-electron chi connectivity index (χ4n) is 2.02. The standard InChI is InChI=1S/C15H22O3/c1-5-16-13-7-6-11(15(2,3)4)10-12(13)14-17-8-9-18-14/h6-7,10,14H,5,8-9H2,1-4H3. The van der Waals surface area contributed by atoms with Crippen molar-refractivity contribution in [2.75, 3.05) is 19.8 Å². The first-order valence-electron chi connectivity index (χ1n) is 6.53. The van der Waals surface area contributed by atoms with E-state index in [1.54, 1.807) is 0 Å². The number of hydrogen-bond donors (Lipinski definition) is 0. The van der Waals surface area contributed by atoms with E-state index in [0.717, 1.165) is 11.3 Å². The fourth-order valence-corrected chi connectivity index (χ4v) is 2.02. The molecule has 3 heteroatoms. The van der Waals surface area contributed by atoms with E-state index in [9.17, 15) is 0 Å². The van der Waals surface area contributed by atoms with Crippen LogP contribution in [-0.4, -0.2) is 19.8 Å². The van der Waals surface area contributed by atoms with Gasteiger partial charge in [0.25, 0.3) is 0 Å². The quantitative estimate of drug-likeness (QED) is 0.822. The van der Waals surface area contributed by atoms with Crippen LogP contribution >= 0.6 is 0 Å². The molecule has 1 aliphatic heterocycles. The maximum Gasteiger partial charge on any atom is 0.187 e. The fraction of sp³-hybridized carbons (Fsp3) is 0.600. The summed E-state index contributed by atoms with van der Waals surface area (Å²) in [5, 5.41) is 0. The van der Waals surface area contributed by atoms with Crippen LogP contribution in [0.15, 0.2) is 18.2 Å². The highest BCUT2D eigenvalue weighted by Gasteiger charge is 2.24. The molecule has 0 radical (unpaired) electrons. The van der Waals surface area contributed by atoms with Crippen LogP contribution in [-0.2, 0) is 14.9 Å². The highest BCUT2D eigenvalue weighted by molar-refractivity contribution is 5.40. The lowest BCUT2D eigenvalue weighted by Gasteiger charge is -2.22. The maximum atomic E-state index is 5.66. The lowest BCUT2D eigenvalue weighted by molar-refractivity contribution is -0.0457. The van der Waals surface area contributed by atoms with Crippen LogP contribution in [0.25, 0.3) is 0 Å². The molecule has 2 rings (SSSR count). The van der Waals surface area contributed by atoms with E-state index in [2.05, 4.69) is 32.9 Å². The largest absolute Gasteiger partial charge is 0.493 e. The van der Waals surface area contributed by atoms with Crippen molar-refractivity contribution >= 4 is 0 Å². The summed E-state index contributed by atoms with van der Waals surface area (Å²) in [6.45, 7) is 10.5. The number of hydrogen-bond acceptors (Lipinski definition) is 3. The van der Waals surface area contributed by atoms with E-state index >= 15 is 0 Å². The number of benzene rings is 1. The molecule has 1 saturated heterocycles. The smallest absolute Gasteiger partial charge is 0.187 e. The van der Waals surface area contributed by atoms with Gasteiger partial charge in [0.1, 0.15) is 5.75 Å². The molecule has 18 heavy (non-hydrogen) atoms. The van der Waals surface area contributed by atoms with Crippen molar-refractivity contribution in [1.82, 2.24) is 0 Å². The molecule has 0 unspecified atom stereocenters. The average Bonchev–Trinajstić information content (AvgIpc) is 2.82. The highest BCUT2D eigenvalue weighted by Crippen LogP contribution is 2.35. The molecule has 0 aromatic heterocycles. The van der Waals surface area contributed by atoms with Gasteiger partial charge < -0.3 is 14.2 Å². The Hall–Kier alpha value is -1.06. The van der Waals surface area contributed by atoms with Gasteiger partial charge in [-0.2, -0.15) is 0 Å². The molecule has 1 aliphatic rings. The third-order valence-corrected chi connectivity index (χ3v) is 3.05. The Balaban J connectivity index is 2.37. The summed E-state index contributed by atoms with van der Waals surface area (Å²) in [5.41, 5.74) is 2.37. The van der Waals surface area contributed by atoms with E-state index in [4.69, 9.17) is 14.2 Å². The van der Waals surface area contributed by atoms with E-state index in [0.29, 0.717) is 19.8 Å². The Morgan fingerprint density at radius 2 is 1.89 bits per heavy atom. The molecular formula is C15H22O3. The molecule has 1 heterocycles. The zero-order chi connectivity index (χ0) is 13.2. The van der Waals surface area contributed by atoms with Gasteiger partial charge in [-0.1, -0.05) is 26.8 Å². The van der Waals surface area contributed by atoms with Crippen molar-refractivity contribution in [3.63, 3.8) is 0 Å². The Morgan fingerprint density at radius 3 is 2.44 bits per heavy atom. The highest BCUT2D eigenvalue weighted by atomic mass is 16.7. The molecule has 0 spiro atoms. The molecular weight excluding hydrogens is 228 g/mol. The van der Waals surface area contributed by atoms with Crippen LogP contribution in [0.3, 0.4) is 0 Å². The summed E-state index contributed by atoms with van der Waals surface area (Å²) in [6.07, 6.45) is -0.283. The number of ether oxygens (including phenoxy) is 3. The summed E-state index contributed by atoms with van der Waals surface area (Å²) in [6, 6.07) is 6.27. The van der Waals surface area contributed by atoms with Crippen LogP contribution in [0, 0.1) is 0 Å². The maximum absolute atomic E-state index is 5.66. The first-order valence-corrected chi connectivity index (χ1v) is 6.53. The first-order chi connectivity index (χ1) is 8.52. The number of rotatable bonds is 3. The molecule has 0 atom stereocenters. The average molecular weight is 250 g/mol. The van der Waals surface area contributed by atoms with Crippen LogP contribution < -0.4 is 4.74 Å². The van der Waals surface area contributed by atoms with Gasteiger partial charge in [0, 0.05) is 0 Å². The minimum Gasteiger partial charge on any atom is -0.493 e. The summed E-state index contributed by atoms with van der Waals surface area (Å²) < 4.78 is 16.8. The third-order valence-electron chi connectivity index (χ3n) is 3.05. The van der Waals surface area contributed by atoms with Crippen molar-refractivity contribution in [2.45, 2.75) is 39.4 Å². The molecule has 100 valence electrons. The molecule has 1 aromatic carbocycles. The van der Waals surface area contributed by atoms with Crippen molar-refractivity contribution in [1.29, 1.82) is 0 Å². The predicted octanol–water partition coefficient (Wildman–Crippen LogP) is 3.43. The van der Waals surface area contributed by atoms with E-state index in [1.165, 1.54) is 5.56 Å². The van der Waals surface area contributed by atoms with Crippen LogP contribution in [0.1, 0.15) is 45.1 Å². The molecule has 1 aromatic rings.